The summed E-state index contributed by atoms with van der Waals surface area (Å²) in [4.78, 5) is 44.0. The Balaban J connectivity index is 1.24. The van der Waals surface area contributed by atoms with Gasteiger partial charge in [-0.1, -0.05) is 24.3 Å². The van der Waals surface area contributed by atoms with Crippen LogP contribution in [0.3, 0.4) is 0 Å². The third kappa shape index (κ3) is 4.48. The summed E-state index contributed by atoms with van der Waals surface area (Å²) in [5.74, 6) is -0.398. The van der Waals surface area contributed by atoms with Gasteiger partial charge in [0.1, 0.15) is 17.2 Å². The minimum Gasteiger partial charge on any atom is -0.381 e. The van der Waals surface area contributed by atoms with Gasteiger partial charge in [-0.05, 0) is 68.2 Å². The number of carbonyl (C=O) groups is 3. The third-order valence-corrected chi connectivity index (χ3v) is 8.33. The number of nitrogens with zero attached hydrogens (tertiary/aromatic N) is 3. The number of allylic oxidation sites excluding steroid dienone is 1. The van der Waals surface area contributed by atoms with Gasteiger partial charge in [0, 0.05) is 43.8 Å². The molecule has 6 rings (SSSR count). The quantitative estimate of drug-likeness (QED) is 0.393. The van der Waals surface area contributed by atoms with E-state index >= 15 is 0 Å². The molecular weight excluding hydrogens is 508 g/mol. The number of amides is 3. The van der Waals surface area contributed by atoms with Gasteiger partial charge in [-0.2, -0.15) is 5.10 Å². The van der Waals surface area contributed by atoms with Crippen LogP contribution in [0.4, 0.5) is 11.5 Å². The van der Waals surface area contributed by atoms with E-state index in [4.69, 9.17) is 4.74 Å². The molecule has 3 aliphatic rings. The van der Waals surface area contributed by atoms with Crippen LogP contribution in [-0.4, -0.2) is 45.7 Å². The summed E-state index contributed by atoms with van der Waals surface area (Å²) in [6, 6.07) is 9.58. The molecule has 0 bridgehead atoms. The minimum absolute atomic E-state index is 0.0625. The largest absolute Gasteiger partial charge is 0.381 e. The van der Waals surface area contributed by atoms with Crippen LogP contribution in [0.15, 0.2) is 54.5 Å². The molecule has 0 saturated carbocycles. The lowest BCUT2D eigenvalue weighted by Gasteiger charge is -2.31. The molecule has 1 fully saturated rings. The molecule has 0 radical (unpaired) electrons. The van der Waals surface area contributed by atoms with Crippen LogP contribution in [0.2, 0.25) is 0 Å². The van der Waals surface area contributed by atoms with E-state index in [2.05, 4.69) is 51.2 Å². The van der Waals surface area contributed by atoms with Gasteiger partial charge in [0.25, 0.3) is 11.8 Å². The lowest BCUT2D eigenvalue weighted by atomic mass is 9.73. The van der Waals surface area contributed by atoms with Gasteiger partial charge in [-0.15, -0.1) is 0 Å². The Morgan fingerprint density at radius 3 is 2.85 bits per heavy atom. The van der Waals surface area contributed by atoms with Crippen LogP contribution in [0.1, 0.15) is 64.8 Å². The highest BCUT2D eigenvalue weighted by Crippen LogP contribution is 2.45. The van der Waals surface area contributed by atoms with Crippen molar-refractivity contribution in [1.82, 2.24) is 20.1 Å². The van der Waals surface area contributed by atoms with Crippen molar-refractivity contribution >= 4 is 29.2 Å². The lowest BCUT2D eigenvalue weighted by Crippen LogP contribution is -2.40. The van der Waals surface area contributed by atoms with Gasteiger partial charge in [-0.25, -0.2) is 4.98 Å². The molecule has 1 unspecified atom stereocenters. The van der Waals surface area contributed by atoms with E-state index in [1.807, 2.05) is 6.92 Å². The minimum atomic E-state index is -0.637. The number of hydrogen-bond donors (Lipinski definition) is 3. The first-order valence-corrected chi connectivity index (χ1v) is 13.7. The third-order valence-electron chi connectivity index (χ3n) is 8.33. The van der Waals surface area contributed by atoms with Crippen LogP contribution in [-0.2, 0) is 32.7 Å². The summed E-state index contributed by atoms with van der Waals surface area (Å²) in [6.07, 6.45) is 7.72. The summed E-state index contributed by atoms with van der Waals surface area (Å²) in [5.41, 5.74) is 5.21. The van der Waals surface area contributed by atoms with Crippen molar-refractivity contribution in [2.24, 2.45) is 0 Å². The number of hydrogen-bond acceptors (Lipinski definition) is 6. The van der Waals surface area contributed by atoms with Gasteiger partial charge < -0.3 is 20.7 Å². The van der Waals surface area contributed by atoms with Crippen molar-refractivity contribution < 1.29 is 19.1 Å². The number of ether oxygens (including phenoxy) is 1. The predicted octanol–water partition coefficient (Wildman–Crippen LogP) is 3.59. The normalized spacial score (nSPS) is 18.9. The fourth-order valence-corrected chi connectivity index (χ4v) is 6.14. The van der Waals surface area contributed by atoms with E-state index in [1.165, 1.54) is 16.7 Å². The second-order valence-electron chi connectivity index (χ2n) is 10.6. The summed E-state index contributed by atoms with van der Waals surface area (Å²) in [5, 5.41) is 12.7. The fraction of sp³-hybridized carbons (Fsp3) is 0.367. The molecule has 1 aliphatic carbocycles. The van der Waals surface area contributed by atoms with Crippen LogP contribution in [0.25, 0.3) is 0 Å². The zero-order valence-corrected chi connectivity index (χ0v) is 22.6. The number of anilines is 2. The molecule has 4 heterocycles. The number of pyridine rings is 1. The molecule has 3 aromatic rings. The summed E-state index contributed by atoms with van der Waals surface area (Å²) in [6.45, 7) is 5.55. The lowest BCUT2D eigenvalue weighted by molar-refractivity contribution is -0.124. The molecule has 40 heavy (non-hydrogen) atoms. The van der Waals surface area contributed by atoms with Crippen molar-refractivity contribution in [3.05, 3.63) is 82.4 Å². The monoisotopic (exact) mass is 540 g/mol. The number of aromatic nitrogens is 3. The van der Waals surface area contributed by atoms with Crippen LogP contribution < -0.4 is 16.0 Å². The Bertz CT molecular complexity index is 1520. The van der Waals surface area contributed by atoms with E-state index < -0.39 is 17.2 Å². The molecule has 2 aromatic heterocycles. The molecule has 1 atom stereocenters. The highest BCUT2D eigenvalue weighted by Gasteiger charge is 2.48. The number of rotatable bonds is 7. The number of carbonyl (C=O) groups excluding carboxylic acids is 3. The number of fused-ring (bicyclic) bond motifs is 3. The van der Waals surface area contributed by atoms with E-state index in [0.717, 1.165) is 12.0 Å². The SMILES string of the molecule is CCn1nccc1C(=O)NC(=CCC1Cc2cccc(C)c21)C(=O)Nc1cc2c(cn1)C1(CCOCC1)C(=O)N2. The Morgan fingerprint density at radius 1 is 1.25 bits per heavy atom. The van der Waals surface area contributed by atoms with E-state index in [-0.39, 0.29) is 23.3 Å². The number of benzene rings is 1. The Morgan fingerprint density at radius 2 is 2.08 bits per heavy atom. The van der Waals surface area contributed by atoms with Crippen LogP contribution in [0.5, 0.6) is 0 Å². The van der Waals surface area contributed by atoms with Crippen LogP contribution >= 0.6 is 0 Å². The van der Waals surface area contributed by atoms with Crippen molar-refractivity contribution in [3.63, 3.8) is 0 Å². The Hall–Kier alpha value is -4.31. The van der Waals surface area contributed by atoms with Crippen LogP contribution in [0, 0.1) is 6.92 Å². The van der Waals surface area contributed by atoms with Crippen molar-refractivity contribution in [2.45, 2.75) is 57.4 Å². The summed E-state index contributed by atoms with van der Waals surface area (Å²) < 4.78 is 7.05. The maximum Gasteiger partial charge on any atom is 0.274 e. The number of aryl methyl sites for hydroxylation is 2. The average Bonchev–Trinajstić information content (AvgIpc) is 3.51. The molecule has 2 aliphatic heterocycles. The molecule has 3 N–H and O–H groups in total. The smallest absolute Gasteiger partial charge is 0.274 e. The molecule has 1 saturated heterocycles. The molecule has 206 valence electrons. The summed E-state index contributed by atoms with van der Waals surface area (Å²) >= 11 is 0. The molecule has 10 heteroatoms. The van der Waals surface area contributed by atoms with Crippen molar-refractivity contribution in [1.29, 1.82) is 0 Å². The zero-order valence-electron chi connectivity index (χ0n) is 22.6. The Labute approximate surface area is 232 Å². The van der Waals surface area contributed by atoms with Gasteiger partial charge in [0.05, 0.1) is 11.1 Å². The first-order chi connectivity index (χ1) is 19.4. The molecular formula is C30H32N6O4. The highest BCUT2D eigenvalue weighted by atomic mass is 16.5. The zero-order chi connectivity index (χ0) is 27.9. The summed E-state index contributed by atoms with van der Waals surface area (Å²) in [7, 11) is 0. The van der Waals surface area contributed by atoms with Gasteiger partial charge in [0.15, 0.2) is 0 Å². The van der Waals surface area contributed by atoms with Gasteiger partial charge in [0.2, 0.25) is 5.91 Å². The molecule has 3 amide bonds. The predicted molar refractivity (Wildman–Crippen MR) is 149 cm³/mol. The van der Waals surface area contributed by atoms with Crippen molar-refractivity contribution in [2.75, 3.05) is 23.8 Å². The van der Waals surface area contributed by atoms with Gasteiger partial charge >= 0.3 is 0 Å². The maximum absolute atomic E-state index is 13.5. The molecule has 10 nitrogen and oxygen atoms in total. The fourth-order valence-electron chi connectivity index (χ4n) is 6.14. The van der Waals surface area contributed by atoms with E-state index in [0.29, 0.717) is 50.4 Å². The van der Waals surface area contributed by atoms with E-state index in [9.17, 15) is 14.4 Å². The second-order valence-corrected chi connectivity index (χ2v) is 10.6. The maximum atomic E-state index is 13.5. The first-order valence-electron chi connectivity index (χ1n) is 13.7. The second kappa shape index (κ2) is 10.3. The Kier molecular flexibility index (Phi) is 6.71. The first kappa shape index (κ1) is 25.9. The molecule has 1 aromatic carbocycles. The molecule has 1 spiro atoms. The van der Waals surface area contributed by atoms with Crippen molar-refractivity contribution in [3.8, 4) is 0 Å². The van der Waals surface area contributed by atoms with E-state index in [1.54, 1.807) is 35.3 Å². The number of nitrogens with one attached hydrogen (secondary N) is 3. The average molecular weight is 541 g/mol. The van der Waals surface area contributed by atoms with Gasteiger partial charge in [-0.3, -0.25) is 19.1 Å². The topological polar surface area (TPSA) is 127 Å². The standard InChI is InChI=1S/C30H32N6O4/c1-3-36-24(9-12-32-36)28(38)33-22(8-7-20-15-19-6-4-5-18(2)26(19)20)27(37)35-25-16-23-21(17-31-25)30(29(39)34-23)10-13-40-14-11-30/h4-6,8-9,12,16-17,20H,3,7,10-11,13-15H2,1-2H3,(H,33,38)(H,34,39)(H,31,35,37). The highest BCUT2D eigenvalue weighted by molar-refractivity contribution is 6.09.